The fourth-order valence-corrected chi connectivity index (χ4v) is 4.99. The van der Waals surface area contributed by atoms with E-state index in [2.05, 4.69) is 4.98 Å². The lowest BCUT2D eigenvalue weighted by molar-refractivity contribution is -0.137. The Morgan fingerprint density at radius 3 is 2.91 bits per heavy atom. The fourth-order valence-electron chi connectivity index (χ4n) is 4.18. The van der Waals surface area contributed by atoms with E-state index < -0.39 is 0 Å². The van der Waals surface area contributed by atoms with Gasteiger partial charge in [-0.15, -0.1) is 11.3 Å². The summed E-state index contributed by atoms with van der Waals surface area (Å²) in [5.41, 5.74) is 7.23. The van der Waals surface area contributed by atoms with Crippen molar-refractivity contribution in [2.24, 2.45) is 23.5 Å². The largest absolute Gasteiger partial charge is 0.372 e. The van der Waals surface area contributed by atoms with E-state index in [1.165, 1.54) is 6.42 Å². The number of fused-ring (bicyclic) bond motifs is 2. The summed E-state index contributed by atoms with van der Waals surface area (Å²) in [6.45, 7) is 5.22. The second-order valence-corrected chi connectivity index (χ2v) is 7.79. The second-order valence-electron chi connectivity index (χ2n) is 6.91. The van der Waals surface area contributed by atoms with Gasteiger partial charge in [0.25, 0.3) is 0 Å². The molecule has 6 heteroatoms. The van der Waals surface area contributed by atoms with Gasteiger partial charge in [-0.25, -0.2) is 4.98 Å². The second kappa shape index (κ2) is 6.87. The molecule has 5 unspecified atom stereocenters. The van der Waals surface area contributed by atoms with E-state index >= 15 is 0 Å². The average molecular weight is 337 g/mol. The maximum atomic E-state index is 12.8. The van der Waals surface area contributed by atoms with Crippen molar-refractivity contribution in [3.63, 3.8) is 0 Å². The first kappa shape index (κ1) is 16.9. The Morgan fingerprint density at radius 1 is 1.52 bits per heavy atom. The standard InChI is InChI=1S/C17H27N3O2S/c1-4-22-10(2)16-19-13(9-23-16)8-20(3)17(21)14-11-5-6-12(7-11)15(14)18/h9-12,14-15H,4-8,18H2,1-3H3. The van der Waals surface area contributed by atoms with Gasteiger partial charge in [0.1, 0.15) is 11.1 Å². The van der Waals surface area contributed by atoms with Gasteiger partial charge in [0.15, 0.2) is 0 Å². The topological polar surface area (TPSA) is 68.5 Å². The van der Waals surface area contributed by atoms with Crippen LogP contribution in [0.5, 0.6) is 0 Å². The molecular weight excluding hydrogens is 310 g/mol. The summed E-state index contributed by atoms with van der Waals surface area (Å²) in [4.78, 5) is 19.2. The van der Waals surface area contributed by atoms with E-state index in [1.807, 2.05) is 26.3 Å². The lowest BCUT2D eigenvalue weighted by atomic mass is 9.84. The quantitative estimate of drug-likeness (QED) is 0.866. The SMILES string of the molecule is CCOC(C)c1nc(CN(C)C(=O)C2C3CCC(C3)C2N)cs1. The smallest absolute Gasteiger partial charge is 0.227 e. The van der Waals surface area contributed by atoms with Gasteiger partial charge >= 0.3 is 0 Å². The third-order valence-corrected chi connectivity index (χ3v) is 6.43. The summed E-state index contributed by atoms with van der Waals surface area (Å²) in [5, 5.41) is 2.99. The van der Waals surface area contributed by atoms with E-state index in [4.69, 9.17) is 10.5 Å². The minimum Gasteiger partial charge on any atom is -0.372 e. The van der Waals surface area contributed by atoms with Gasteiger partial charge in [-0.05, 0) is 44.9 Å². The predicted octanol–water partition coefficient (Wildman–Crippen LogP) is 2.57. The van der Waals surface area contributed by atoms with Crippen LogP contribution in [-0.4, -0.2) is 35.5 Å². The van der Waals surface area contributed by atoms with Crippen molar-refractivity contribution >= 4 is 17.2 Å². The Hall–Kier alpha value is -0.980. The molecule has 2 aliphatic rings. The third-order valence-electron chi connectivity index (χ3n) is 5.38. The van der Waals surface area contributed by atoms with Crippen LogP contribution >= 0.6 is 11.3 Å². The van der Waals surface area contributed by atoms with Crippen molar-refractivity contribution in [3.8, 4) is 0 Å². The molecule has 0 aromatic carbocycles. The van der Waals surface area contributed by atoms with Crippen LogP contribution < -0.4 is 5.73 Å². The number of nitrogens with zero attached hydrogens (tertiary/aromatic N) is 2. The number of hydrogen-bond acceptors (Lipinski definition) is 5. The van der Waals surface area contributed by atoms with Crippen molar-refractivity contribution in [1.29, 1.82) is 0 Å². The van der Waals surface area contributed by atoms with E-state index in [1.54, 1.807) is 16.2 Å². The minimum absolute atomic E-state index is 0.0127. The normalized spacial score (nSPS) is 30.6. The molecule has 128 valence electrons. The van der Waals surface area contributed by atoms with Gasteiger partial charge in [-0.1, -0.05) is 0 Å². The molecule has 2 bridgehead atoms. The molecule has 2 N–H and O–H groups in total. The van der Waals surface area contributed by atoms with Crippen LogP contribution in [0.15, 0.2) is 5.38 Å². The van der Waals surface area contributed by atoms with Gasteiger partial charge in [-0.3, -0.25) is 4.79 Å². The Bertz CT molecular complexity index is 560. The first-order valence-corrected chi connectivity index (χ1v) is 9.45. The van der Waals surface area contributed by atoms with Gasteiger partial charge in [0.2, 0.25) is 5.91 Å². The number of aromatic nitrogens is 1. The van der Waals surface area contributed by atoms with Gasteiger partial charge < -0.3 is 15.4 Å². The lowest BCUT2D eigenvalue weighted by Crippen LogP contribution is -2.45. The Labute approximate surface area is 142 Å². The lowest BCUT2D eigenvalue weighted by Gasteiger charge is -2.30. The van der Waals surface area contributed by atoms with Crippen LogP contribution in [-0.2, 0) is 16.1 Å². The minimum atomic E-state index is 0.0127. The zero-order valence-corrected chi connectivity index (χ0v) is 15.0. The fraction of sp³-hybridized carbons (Fsp3) is 0.765. The summed E-state index contributed by atoms with van der Waals surface area (Å²) in [7, 11) is 1.87. The van der Waals surface area contributed by atoms with E-state index in [0.29, 0.717) is 25.0 Å². The highest BCUT2D eigenvalue weighted by molar-refractivity contribution is 7.09. The van der Waals surface area contributed by atoms with Crippen LogP contribution in [0.1, 0.15) is 49.9 Å². The van der Waals surface area contributed by atoms with Gasteiger partial charge in [-0.2, -0.15) is 0 Å². The van der Waals surface area contributed by atoms with Gasteiger partial charge in [0.05, 0.1) is 18.2 Å². The molecule has 0 aliphatic heterocycles. The molecule has 1 amide bonds. The molecule has 0 saturated heterocycles. The molecule has 1 heterocycles. The van der Waals surface area contributed by atoms with Gasteiger partial charge in [0, 0.05) is 25.1 Å². The van der Waals surface area contributed by atoms with Crippen LogP contribution in [0, 0.1) is 17.8 Å². The van der Waals surface area contributed by atoms with Crippen LogP contribution in [0.25, 0.3) is 0 Å². The number of nitrogens with two attached hydrogens (primary N) is 1. The predicted molar refractivity (Wildman–Crippen MR) is 90.9 cm³/mol. The maximum absolute atomic E-state index is 12.8. The summed E-state index contributed by atoms with van der Waals surface area (Å²) < 4.78 is 5.57. The zero-order valence-electron chi connectivity index (χ0n) is 14.2. The summed E-state index contributed by atoms with van der Waals surface area (Å²) in [6.07, 6.45) is 3.51. The first-order valence-electron chi connectivity index (χ1n) is 8.57. The van der Waals surface area contributed by atoms with Crippen LogP contribution in [0.4, 0.5) is 0 Å². The van der Waals surface area contributed by atoms with Crippen LogP contribution in [0.3, 0.4) is 0 Å². The molecule has 0 spiro atoms. The molecule has 1 aromatic rings. The molecule has 5 atom stereocenters. The number of ether oxygens (including phenoxy) is 1. The Kier molecular flexibility index (Phi) is 5.04. The third kappa shape index (κ3) is 3.30. The van der Waals surface area contributed by atoms with E-state index in [-0.39, 0.29) is 24.0 Å². The van der Waals surface area contributed by atoms with Crippen molar-refractivity contribution in [2.45, 2.75) is 51.8 Å². The number of hydrogen-bond donors (Lipinski definition) is 1. The molecule has 3 rings (SSSR count). The number of carbonyl (C=O) groups excluding carboxylic acids is 1. The number of amides is 1. The molecule has 23 heavy (non-hydrogen) atoms. The monoisotopic (exact) mass is 337 g/mol. The summed E-state index contributed by atoms with van der Waals surface area (Å²) >= 11 is 1.60. The molecule has 2 saturated carbocycles. The average Bonchev–Trinajstić information content (AvgIpc) is 3.22. The molecule has 2 aliphatic carbocycles. The van der Waals surface area contributed by atoms with Crippen molar-refractivity contribution < 1.29 is 9.53 Å². The Morgan fingerprint density at radius 2 is 2.26 bits per heavy atom. The van der Waals surface area contributed by atoms with E-state index in [9.17, 15) is 4.79 Å². The number of thiazole rings is 1. The molecule has 2 fully saturated rings. The first-order chi connectivity index (χ1) is 11.0. The summed E-state index contributed by atoms with van der Waals surface area (Å²) in [5.74, 6) is 1.26. The van der Waals surface area contributed by atoms with Crippen molar-refractivity contribution in [3.05, 3.63) is 16.1 Å². The highest BCUT2D eigenvalue weighted by Crippen LogP contribution is 2.48. The molecule has 5 nitrogen and oxygen atoms in total. The zero-order chi connectivity index (χ0) is 16.6. The van der Waals surface area contributed by atoms with E-state index in [0.717, 1.165) is 23.5 Å². The van der Waals surface area contributed by atoms with Crippen LogP contribution in [0.2, 0.25) is 0 Å². The maximum Gasteiger partial charge on any atom is 0.227 e. The molecular formula is C17H27N3O2S. The Balaban J connectivity index is 1.61. The molecule has 0 radical (unpaired) electrons. The van der Waals surface area contributed by atoms with Crippen molar-refractivity contribution in [1.82, 2.24) is 9.88 Å². The summed E-state index contributed by atoms with van der Waals surface area (Å²) in [6, 6.07) is 0.0488. The number of carbonyl (C=O) groups is 1. The highest BCUT2D eigenvalue weighted by atomic mass is 32.1. The molecule has 1 aromatic heterocycles. The van der Waals surface area contributed by atoms with Crippen molar-refractivity contribution in [2.75, 3.05) is 13.7 Å². The number of rotatable bonds is 6. The highest BCUT2D eigenvalue weighted by Gasteiger charge is 2.49.